The van der Waals surface area contributed by atoms with Crippen molar-refractivity contribution >= 4 is 40.3 Å². The van der Waals surface area contributed by atoms with E-state index < -0.39 is 12.0 Å². The van der Waals surface area contributed by atoms with E-state index in [1.807, 2.05) is 0 Å². The van der Waals surface area contributed by atoms with E-state index in [-0.39, 0.29) is 39.6 Å². The first-order valence-electron chi connectivity index (χ1n) is 2.33. The fourth-order valence-electron chi connectivity index (χ4n) is 0.531. The molecule has 1 rings (SSSR count). The van der Waals surface area contributed by atoms with Crippen molar-refractivity contribution in [1.29, 1.82) is 0 Å². The van der Waals surface area contributed by atoms with E-state index in [4.69, 9.17) is 0 Å². The van der Waals surface area contributed by atoms with Gasteiger partial charge in [-0.1, -0.05) is 24.0 Å². The molecule has 1 fully saturated rings. The maximum Gasteiger partial charge on any atom is 1.00 e. The fraction of sp³-hybridized carbons (Fsp3) is 0.250. The minimum atomic E-state index is -1.54. The minimum Gasteiger partial charge on any atom is -0.529 e. The molecule has 1 saturated heterocycles. The Balaban J connectivity index is 0.000001000. The number of imide groups is 1. The Morgan fingerprint density at radius 2 is 2.27 bits per heavy atom. The van der Waals surface area contributed by atoms with Crippen LogP contribution in [0.2, 0.25) is 0 Å². The van der Waals surface area contributed by atoms with E-state index in [1.165, 1.54) is 0 Å². The molecule has 0 spiro atoms. The van der Waals surface area contributed by atoms with Crippen LogP contribution in [0.3, 0.4) is 0 Å². The molecule has 0 unspecified atom stereocenters. The molecule has 0 aliphatic carbocycles. The van der Waals surface area contributed by atoms with Gasteiger partial charge in [0.1, 0.15) is 10.4 Å². The molecule has 0 radical (unpaired) electrons. The van der Waals surface area contributed by atoms with Gasteiger partial charge in [0.25, 0.3) is 0 Å². The maximum atomic E-state index is 10.6. The van der Waals surface area contributed by atoms with Gasteiger partial charge in [0.2, 0.25) is 5.91 Å². The van der Waals surface area contributed by atoms with Gasteiger partial charge in [0.15, 0.2) is 0 Å². The molecule has 0 bridgehead atoms. The minimum absolute atomic E-state index is 0. The number of hydrogen-bond donors (Lipinski definition) is 0. The van der Waals surface area contributed by atoms with Gasteiger partial charge >= 0.3 is 29.6 Å². The summed E-state index contributed by atoms with van der Waals surface area (Å²) in [6.07, 6.45) is -1.54. The van der Waals surface area contributed by atoms with Crippen molar-refractivity contribution in [3.63, 3.8) is 0 Å². The average Bonchev–Trinajstić information content (AvgIpc) is 2.11. The van der Waals surface area contributed by atoms with Gasteiger partial charge in [0.05, 0.1) is 5.75 Å². The van der Waals surface area contributed by atoms with Crippen LogP contribution in [0.25, 0.3) is 0 Å². The van der Waals surface area contributed by atoms with Crippen LogP contribution in [0.15, 0.2) is 0 Å². The molecule has 11 heavy (non-hydrogen) atoms. The monoisotopic (exact) mass is 199 g/mol. The van der Waals surface area contributed by atoms with Crippen LogP contribution in [0.1, 0.15) is 0 Å². The first kappa shape index (κ1) is 11.4. The standard InChI is InChI=1S/C4H3NO3S2.Na/c6-2-1-10-4(9)5(2)3(7)8;/h1H2,(H,7,8);/q;+1/p-1. The van der Waals surface area contributed by atoms with Gasteiger partial charge in [-0.05, 0) is 0 Å². The normalized spacial score (nSPS) is 16.5. The van der Waals surface area contributed by atoms with Gasteiger partial charge < -0.3 is 9.90 Å². The number of carboxylic acid groups (broad SMARTS) is 1. The van der Waals surface area contributed by atoms with Gasteiger partial charge in [-0.2, -0.15) is 0 Å². The summed E-state index contributed by atoms with van der Waals surface area (Å²) in [6.45, 7) is 0. The molecule has 0 aromatic rings. The zero-order chi connectivity index (χ0) is 7.72. The van der Waals surface area contributed by atoms with Crippen molar-refractivity contribution in [2.45, 2.75) is 0 Å². The Bertz CT molecular complexity index is 203. The van der Waals surface area contributed by atoms with Gasteiger partial charge in [0, 0.05) is 0 Å². The SMILES string of the molecule is O=C([O-])N1C(=O)CSC1=S.[Na+]. The Labute approximate surface area is 94.6 Å². The van der Waals surface area contributed by atoms with Crippen molar-refractivity contribution in [3.8, 4) is 0 Å². The molecule has 4 nitrogen and oxygen atoms in total. The van der Waals surface area contributed by atoms with Crippen molar-refractivity contribution < 1.29 is 44.3 Å². The third kappa shape index (κ3) is 2.41. The zero-order valence-corrected chi connectivity index (χ0v) is 9.33. The Hall–Kier alpha value is 0.380. The predicted octanol–water partition coefficient (Wildman–Crippen LogP) is -3.81. The van der Waals surface area contributed by atoms with E-state index in [1.54, 1.807) is 0 Å². The third-order valence-electron chi connectivity index (χ3n) is 0.934. The molecular weight excluding hydrogens is 197 g/mol. The van der Waals surface area contributed by atoms with Crippen LogP contribution in [0, 0.1) is 0 Å². The largest absolute Gasteiger partial charge is 1.00 e. The number of thioether (sulfide) groups is 1. The second-order valence-electron chi connectivity index (χ2n) is 1.55. The van der Waals surface area contributed by atoms with Crippen molar-refractivity contribution in [1.82, 2.24) is 4.90 Å². The van der Waals surface area contributed by atoms with Crippen LogP contribution in [0.5, 0.6) is 0 Å². The number of thiocarbonyl (C=S) groups is 1. The molecule has 0 saturated carbocycles. The summed E-state index contributed by atoms with van der Waals surface area (Å²) in [4.78, 5) is 21.2. The summed E-state index contributed by atoms with van der Waals surface area (Å²) in [7, 11) is 0. The van der Waals surface area contributed by atoms with Gasteiger partial charge in [-0.15, -0.1) is 0 Å². The summed E-state index contributed by atoms with van der Waals surface area (Å²) < 4.78 is 0.0602. The number of carbonyl (C=O) groups is 2. The van der Waals surface area contributed by atoms with E-state index >= 15 is 0 Å². The van der Waals surface area contributed by atoms with Crippen LogP contribution in [-0.2, 0) is 4.79 Å². The quantitative estimate of drug-likeness (QED) is 0.296. The number of amides is 2. The molecule has 0 atom stereocenters. The molecule has 1 aliphatic rings. The number of hydrogen-bond acceptors (Lipinski definition) is 5. The van der Waals surface area contributed by atoms with Crippen molar-refractivity contribution in [2.24, 2.45) is 0 Å². The van der Waals surface area contributed by atoms with Crippen LogP contribution >= 0.6 is 24.0 Å². The molecule has 1 aliphatic heterocycles. The molecule has 2 amide bonds. The molecular formula is C4H2NNaO3S2. The van der Waals surface area contributed by atoms with Gasteiger partial charge in [-0.25, -0.2) is 0 Å². The average molecular weight is 199 g/mol. The molecule has 7 heteroatoms. The van der Waals surface area contributed by atoms with E-state index in [0.717, 1.165) is 11.8 Å². The number of rotatable bonds is 0. The first-order chi connectivity index (χ1) is 4.63. The fourth-order valence-corrected chi connectivity index (χ4v) is 1.57. The number of carbonyl (C=O) groups excluding carboxylic acids is 2. The molecule has 54 valence electrons. The maximum absolute atomic E-state index is 10.6. The molecule has 0 aromatic carbocycles. The van der Waals surface area contributed by atoms with Crippen molar-refractivity contribution in [2.75, 3.05) is 5.75 Å². The molecule has 1 heterocycles. The van der Waals surface area contributed by atoms with E-state index in [2.05, 4.69) is 12.2 Å². The van der Waals surface area contributed by atoms with Crippen LogP contribution in [-0.4, -0.2) is 27.0 Å². The summed E-state index contributed by atoms with van der Waals surface area (Å²) in [5.74, 6) is -0.415. The van der Waals surface area contributed by atoms with Gasteiger partial charge in [-0.3, -0.25) is 9.69 Å². The van der Waals surface area contributed by atoms with Crippen LogP contribution in [0.4, 0.5) is 4.79 Å². The van der Waals surface area contributed by atoms with Crippen molar-refractivity contribution in [3.05, 3.63) is 0 Å². The first-order valence-corrected chi connectivity index (χ1v) is 3.73. The summed E-state index contributed by atoms with van der Waals surface area (Å²) >= 11 is 5.57. The number of nitrogens with zero attached hydrogens (tertiary/aromatic N) is 1. The predicted molar refractivity (Wildman–Crippen MR) is 37.3 cm³/mol. The van der Waals surface area contributed by atoms with E-state index in [0.29, 0.717) is 4.90 Å². The van der Waals surface area contributed by atoms with E-state index in [9.17, 15) is 14.7 Å². The second kappa shape index (κ2) is 4.42. The van der Waals surface area contributed by atoms with Crippen LogP contribution < -0.4 is 34.7 Å². The Kier molecular flexibility index (Phi) is 4.57. The third-order valence-corrected chi connectivity index (χ3v) is 2.29. The zero-order valence-electron chi connectivity index (χ0n) is 5.70. The Morgan fingerprint density at radius 3 is 2.45 bits per heavy atom. The smallest absolute Gasteiger partial charge is 0.529 e. The summed E-state index contributed by atoms with van der Waals surface area (Å²) in [5, 5.41) is 10.1. The molecule has 0 N–H and O–H groups in total. The summed E-state index contributed by atoms with van der Waals surface area (Å²) in [5.41, 5.74) is 0. The summed E-state index contributed by atoms with van der Waals surface area (Å²) in [6, 6.07) is 0. The molecule has 0 aromatic heterocycles. The second-order valence-corrected chi connectivity index (χ2v) is 3.16. The topological polar surface area (TPSA) is 60.4 Å². The Morgan fingerprint density at radius 1 is 1.73 bits per heavy atom.